The van der Waals surface area contributed by atoms with E-state index >= 15 is 0 Å². The van der Waals surface area contributed by atoms with E-state index in [2.05, 4.69) is 253 Å². The van der Waals surface area contributed by atoms with Crippen LogP contribution in [0.3, 0.4) is 0 Å². The fourth-order valence-corrected chi connectivity index (χ4v) is 20.2. The maximum absolute atomic E-state index is 4.15. The van der Waals surface area contributed by atoms with Crippen LogP contribution >= 0.6 is 223 Å². The molecule has 0 aromatic heterocycles. The van der Waals surface area contributed by atoms with Crippen molar-refractivity contribution in [2.75, 3.05) is 0 Å². The van der Waals surface area contributed by atoms with Crippen LogP contribution in [0.4, 0.5) is 0 Å². The molecule has 0 spiro atoms. The van der Waals surface area contributed by atoms with Crippen LogP contribution in [-0.2, 0) is 3.23 Å². The van der Waals surface area contributed by atoms with E-state index in [1.807, 2.05) is 12.1 Å². The first-order chi connectivity index (χ1) is 14.2. The Hall–Kier alpha value is 5.42. The van der Waals surface area contributed by atoms with Crippen molar-refractivity contribution >= 4 is 234 Å². The molecule has 0 amide bonds. The molecule has 0 aliphatic heterocycles. The van der Waals surface area contributed by atoms with Crippen LogP contribution in [0, 0.1) is 0 Å². The van der Waals surface area contributed by atoms with Gasteiger partial charge in [-0.2, -0.15) is 0 Å². The van der Waals surface area contributed by atoms with Crippen LogP contribution in [0.25, 0.3) is 10.8 Å². The summed E-state index contributed by atoms with van der Waals surface area (Å²) in [6.45, 7) is 0. The van der Waals surface area contributed by atoms with Gasteiger partial charge in [0.15, 0.2) is 0 Å². The van der Waals surface area contributed by atoms with Crippen molar-refractivity contribution in [3.05, 3.63) is 48.0 Å². The monoisotopic (exact) mass is 1330 g/mol. The molecule has 0 nitrogen and oxygen atoms in total. The quantitative estimate of drug-likeness (QED) is 0.269. The van der Waals surface area contributed by atoms with Crippen molar-refractivity contribution in [2.45, 2.75) is 28.6 Å². The summed E-state index contributed by atoms with van der Waals surface area (Å²) in [4.78, 5) is -0.286. The Morgan fingerprint density at radius 2 is 1.12 bits per heavy atom. The van der Waals surface area contributed by atoms with Gasteiger partial charge >= 0.3 is 0 Å². The Morgan fingerprint density at radius 3 is 1.69 bits per heavy atom. The highest BCUT2D eigenvalue weighted by Gasteiger charge is 2.84. The van der Waals surface area contributed by atoms with Crippen molar-refractivity contribution in [3.63, 3.8) is 0 Å². The SMILES string of the molecule is BrC1C(Br)(Br)C(Br)(Br)C(Br)(Br)C(Br)(Br)C1(Br)C(Br)(Br)C(Br)(Br)c1cccc2ccccc12. The average Bonchev–Trinajstić information content (AvgIpc) is 2.70. The minimum absolute atomic E-state index is 0.286. The predicted octanol–water partition coefficient (Wildman–Crippen LogP) is 13.1. The minimum Gasteiger partial charge on any atom is -0.0848 e. The van der Waals surface area contributed by atoms with Crippen LogP contribution in [0.5, 0.6) is 0 Å². The largest absolute Gasteiger partial charge is 0.134 e. The van der Waals surface area contributed by atoms with E-state index in [-0.39, 0.29) is 4.83 Å². The predicted molar refractivity (Wildman–Crippen MR) is 191 cm³/mol. The van der Waals surface area contributed by atoms with Gasteiger partial charge in [-0.15, -0.1) is 0 Å². The van der Waals surface area contributed by atoms with E-state index in [9.17, 15) is 0 Å². The van der Waals surface area contributed by atoms with Crippen molar-refractivity contribution in [1.29, 1.82) is 0 Å². The first-order valence-electron chi connectivity index (χ1n) is 8.32. The van der Waals surface area contributed by atoms with Gasteiger partial charge in [-0.1, -0.05) is 265 Å². The maximum atomic E-state index is 4.15. The molecule has 1 aliphatic rings. The zero-order valence-electron chi connectivity index (χ0n) is 14.9. The number of benzene rings is 2. The summed E-state index contributed by atoms with van der Waals surface area (Å²) in [5, 5.41) is 2.25. The molecule has 3 rings (SSSR count). The summed E-state index contributed by atoms with van der Waals surface area (Å²) in [6, 6.07) is 14.5. The first kappa shape index (κ1) is 31.9. The van der Waals surface area contributed by atoms with Gasteiger partial charge in [0.2, 0.25) is 0 Å². The molecule has 2 aromatic carbocycles. The molecule has 1 fully saturated rings. The molecule has 0 radical (unpaired) electrons. The van der Waals surface area contributed by atoms with Gasteiger partial charge in [0.1, 0.15) is 19.4 Å². The summed E-state index contributed by atoms with van der Waals surface area (Å²) < 4.78 is -5.67. The van der Waals surface area contributed by atoms with Gasteiger partial charge in [0, 0.05) is 0 Å². The van der Waals surface area contributed by atoms with Crippen LogP contribution in [0.1, 0.15) is 5.56 Å². The molecule has 0 N–H and O–H groups in total. The van der Waals surface area contributed by atoms with Crippen LogP contribution < -0.4 is 0 Å². The van der Waals surface area contributed by atoms with Gasteiger partial charge in [-0.25, -0.2) is 0 Å². The zero-order valence-corrected chi connectivity index (χ0v) is 37.1. The van der Waals surface area contributed by atoms with Gasteiger partial charge in [-0.3, -0.25) is 0 Å². The molecule has 14 heteroatoms. The van der Waals surface area contributed by atoms with Gasteiger partial charge in [0.05, 0.1) is 9.15 Å². The topological polar surface area (TPSA) is 0 Å². The van der Waals surface area contributed by atoms with E-state index in [1.54, 1.807) is 0 Å². The van der Waals surface area contributed by atoms with Crippen LogP contribution in [0.2, 0.25) is 0 Å². The Labute approximate surface area is 304 Å². The number of hydrogen-bond acceptors (Lipinski definition) is 0. The average molecular weight is 1340 g/mol. The van der Waals surface area contributed by atoms with Crippen LogP contribution in [0.15, 0.2) is 42.5 Å². The summed E-state index contributed by atoms with van der Waals surface area (Å²) in [5.74, 6) is 0. The second kappa shape index (κ2) is 10.4. The number of hydrogen-bond donors (Lipinski definition) is 0. The molecule has 2 atom stereocenters. The van der Waals surface area contributed by atoms with Gasteiger partial charge < -0.3 is 0 Å². The van der Waals surface area contributed by atoms with Crippen LogP contribution in [-0.4, -0.2) is 25.3 Å². The molecule has 0 bridgehead atoms. The van der Waals surface area contributed by atoms with Crippen molar-refractivity contribution in [2.24, 2.45) is 0 Å². The standard InChI is InChI=1S/C18H8Br14/c19-11-12(20,16(27,28)18(31,32)17(29,30)14(11,23)24)15(25,26)13(21,22)10-7-3-5-8-4-1-2-6-9(8)10/h1-7,11H. The minimum atomic E-state index is -0.888. The summed E-state index contributed by atoms with van der Waals surface area (Å²) in [7, 11) is 0. The molecule has 178 valence electrons. The zero-order chi connectivity index (χ0) is 24.8. The summed E-state index contributed by atoms with van der Waals surface area (Å²) in [6.07, 6.45) is 0. The Balaban J connectivity index is 2.34. The van der Waals surface area contributed by atoms with E-state index < -0.39 is 23.7 Å². The Bertz CT molecular complexity index is 1040. The van der Waals surface area contributed by atoms with E-state index in [0.29, 0.717) is 0 Å². The van der Waals surface area contributed by atoms with E-state index in [4.69, 9.17) is 0 Å². The fourth-order valence-electron chi connectivity index (χ4n) is 3.46. The summed E-state index contributed by atoms with van der Waals surface area (Å²) in [5.41, 5.74) is 1.04. The normalized spacial score (nSPS) is 29.1. The molecule has 0 heterocycles. The summed E-state index contributed by atoms with van der Waals surface area (Å²) >= 11 is 55.7. The lowest BCUT2D eigenvalue weighted by molar-refractivity contribution is 0.393. The van der Waals surface area contributed by atoms with Gasteiger partial charge in [-0.05, 0) is 16.3 Å². The van der Waals surface area contributed by atoms with Crippen molar-refractivity contribution in [3.8, 4) is 0 Å². The number of rotatable bonds is 3. The molecular weight excluding hydrogens is 1330 g/mol. The molecular formula is C18H8Br14. The smallest absolute Gasteiger partial charge is 0.0848 e. The van der Waals surface area contributed by atoms with E-state index in [1.165, 1.54) is 0 Å². The molecule has 1 aliphatic carbocycles. The Morgan fingerprint density at radius 1 is 0.625 bits per heavy atom. The second-order valence-corrected chi connectivity index (χ2v) is 30.0. The van der Waals surface area contributed by atoms with Crippen molar-refractivity contribution < 1.29 is 0 Å². The highest BCUT2D eigenvalue weighted by Crippen LogP contribution is 2.82. The first-order valence-corrected chi connectivity index (χ1v) is 19.5. The fraction of sp³-hybridized carbons (Fsp3) is 0.444. The lowest BCUT2D eigenvalue weighted by Crippen LogP contribution is -2.79. The third-order valence-electron chi connectivity index (χ3n) is 5.31. The van der Waals surface area contributed by atoms with Gasteiger partial charge in [0.25, 0.3) is 0 Å². The maximum Gasteiger partial charge on any atom is 0.134 e. The highest BCUT2D eigenvalue weighted by atomic mass is 79.9. The van der Waals surface area contributed by atoms with Crippen molar-refractivity contribution in [1.82, 2.24) is 0 Å². The molecule has 2 unspecified atom stereocenters. The molecule has 0 saturated heterocycles. The van der Waals surface area contributed by atoms with E-state index in [0.717, 1.165) is 16.3 Å². The lowest BCUT2D eigenvalue weighted by atomic mass is 9.82. The highest BCUT2D eigenvalue weighted by molar-refractivity contribution is 9.35. The molecule has 32 heavy (non-hydrogen) atoms. The second-order valence-electron chi connectivity index (χ2n) is 7.10. The molecule has 2 aromatic rings. The molecule has 1 saturated carbocycles. The number of alkyl halides is 14. The number of fused-ring (bicyclic) bond motifs is 1. The third-order valence-corrected chi connectivity index (χ3v) is 34.7. The third kappa shape index (κ3) is 4.33. The lowest BCUT2D eigenvalue weighted by Gasteiger charge is -2.67. The number of halogens is 14. The Kier molecular flexibility index (Phi) is 10.3.